The Kier molecular flexibility index (Phi) is 5.12. The van der Waals surface area contributed by atoms with E-state index in [0.29, 0.717) is 28.6 Å². The Morgan fingerprint density at radius 2 is 1.97 bits per heavy atom. The molecular formula is C23H16ClN5O3. The zero-order valence-corrected chi connectivity index (χ0v) is 17.7. The Balaban J connectivity index is 1.56. The van der Waals surface area contributed by atoms with E-state index < -0.39 is 0 Å². The van der Waals surface area contributed by atoms with Crippen molar-refractivity contribution in [2.24, 2.45) is 0 Å². The maximum absolute atomic E-state index is 13.3. The van der Waals surface area contributed by atoms with Gasteiger partial charge < -0.3 is 13.7 Å². The van der Waals surface area contributed by atoms with Gasteiger partial charge in [0.1, 0.15) is 11.4 Å². The molecular weight excluding hydrogens is 430 g/mol. The summed E-state index contributed by atoms with van der Waals surface area (Å²) in [5.74, 6) is 0.255. The summed E-state index contributed by atoms with van der Waals surface area (Å²) in [5.41, 5.74) is 2.75. The summed E-state index contributed by atoms with van der Waals surface area (Å²) in [6.07, 6.45) is 6.32. The van der Waals surface area contributed by atoms with E-state index in [4.69, 9.17) is 20.8 Å². The number of carbonyl (C=O) groups excluding carboxylic acids is 1. The second kappa shape index (κ2) is 8.24. The number of nitrogens with zero attached hydrogens (tertiary/aromatic N) is 5. The monoisotopic (exact) mass is 445 g/mol. The summed E-state index contributed by atoms with van der Waals surface area (Å²) in [5, 5.41) is 9.27. The number of fused-ring (bicyclic) bond motifs is 1. The van der Waals surface area contributed by atoms with Crippen molar-refractivity contribution in [2.75, 3.05) is 7.11 Å². The second-order valence-corrected chi connectivity index (χ2v) is 7.45. The van der Waals surface area contributed by atoms with Crippen molar-refractivity contribution in [3.05, 3.63) is 89.3 Å². The predicted molar refractivity (Wildman–Crippen MR) is 118 cm³/mol. The molecule has 0 spiro atoms. The zero-order valence-electron chi connectivity index (χ0n) is 16.9. The maximum Gasteiger partial charge on any atom is 0.289 e. The normalized spacial score (nSPS) is 11.1. The molecule has 0 unspecified atom stereocenters. The highest BCUT2D eigenvalue weighted by atomic mass is 35.5. The van der Waals surface area contributed by atoms with Crippen LogP contribution >= 0.6 is 11.6 Å². The molecule has 0 bridgehead atoms. The van der Waals surface area contributed by atoms with E-state index in [-0.39, 0.29) is 17.6 Å². The molecule has 0 saturated heterocycles. The van der Waals surface area contributed by atoms with E-state index >= 15 is 0 Å². The van der Waals surface area contributed by atoms with E-state index in [9.17, 15) is 4.79 Å². The molecule has 9 heteroatoms. The molecule has 32 heavy (non-hydrogen) atoms. The minimum atomic E-state index is -0.388. The smallest absolute Gasteiger partial charge is 0.289 e. The first-order chi connectivity index (χ1) is 15.6. The molecule has 2 aromatic carbocycles. The Morgan fingerprint density at radius 3 is 2.72 bits per heavy atom. The van der Waals surface area contributed by atoms with Crippen LogP contribution in [0, 0.1) is 0 Å². The molecule has 3 aromatic heterocycles. The Hall–Kier alpha value is -4.04. The van der Waals surface area contributed by atoms with Crippen molar-refractivity contribution in [3.8, 4) is 17.3 Å². The van der Waals surface area contributed by atoms with E-state index in [0.717, 1.165) is 16.5 Å². The Morgan fingerprint density at radius 1 is 1.12 bits per heavy atom. The van der Waals surface area contributed by atoms with Gasteiger partial charge in [0.05, 0.1) is 18.9 Å². The topological polar surface area (TPSA) is 95.9 Å². The van der Waals surface area contributed by atoms with Gasteiger partial charge in [-0.3, -0.25) is 9.78 Å². The van der Waals surface area contributed by atoms with Crippen molar-refractivity contribution in [1.29, 1.82) is 0 Å². The number of carbonyl (C=O) groups is 1. The van der Waals surface area contributed by atoms with Gasteiger partial charge in [0, 0.05) is 41.1 Å². The van der Waals surface area contributed by atoms with Crippen LogP contribution in [0.25, 0.3) is 22.5 Å². The molecule has 0 amide bonds. The summed E-state index contributed by atoms with van der Waals surface area (Å²) in [6.45, 7) is 0.558. The molecule has 0 atom stereocenters. The van der Waals surface area contributed by atoms with Crippen LogP contribution in [-0.2, 0) is 6.54 Å². The molecule has 158 valence electrons. The molecule has 0 aliphatic carbocycles. The molecule has 0 fully saturated rings. The third kappa shape index (κ3) is 3.72. The molecule has 5 rings (SSSR count). The molecule has 0 aliphatic heterocycles. The fourth-order valence-corrected chi connectivity index (χ4v) is 3.57. The van der Waals surface area contributed by atoms with Crippen LogP contribution < -0.4 is 4.74 Å². The highest BCUT2D eigenvalue weighted by Gasteiger charge is 2.23. The average molecular weight is 446 g/mol. The highest BCUT2D eigenvalue weighted by Crippen LogP contribution is 2.29. The van der Waals surface area contributed by atoms with E-state index in [1.807, 2.05) is 47.0 Å². The molecule has 5 aromatic rings. The summed E-state index contributed by atoms with van der Waals surface area (Å²) < 4.78 is 13.0. The number of methoxy groups -OCH3 is 1. The fourth-order valence-electron chi connectivity index (χ4n) is 3.44. The number of hydrogen-bond acceptors (Lipinski definition) is 7. The van der Waals surface area contributed by atoms with Crippen molar-refractivity contribution < 1.29 is 13.9 Å². The van der Waals surface area contributed by atoms with Crippen molar-refractivity contribution in [2.45, 2.75) is 6.54 Å². The number of halogens is 1. The van der Waals surface area contributed by atoms with Crippen molar-refractivity contribution in [3.63, 3.8) is 0 Å². The summed E-state index contributed by atoms with van der Waals surface area (Å²) >= 11 is 6.01. The van der Waals surface area contributed by atoms with Crippen LogP contribution in [0.15, 0.2) is 71.7 Å². The lowest BCUT2D eigenvalue weighted by atomic mass is 10.1. The quantitative estimate of drug-likeness (QED) is 0.357. The van der Waals surface area contributed by atoms with Gasteiger partial charge in [-0.1, -0.05) is 23.7 Å². The van der Waals surface area contributed by atoms with Crippen LogP contribution in [-0.4, -0.2) is 37.6 Å². The predicted octanol–water partition coefficient (Wildman–Crippen LogP) is 4.42. The molecule has 3 heterocycles. The van der Waals surface area contributed by atoms with Crippen LogP contribution in [0.2, 0.25) is 5.02 Å². The van der Waals surface area contributed by atoms with Gasteiger partial charge in [-0.15, -0.1) is 10.2 Å². The number of benzene rings is 2. The van der Waals surface area contributed by atoms with Gasteiger partial charge in [0.2, 0.25) is 0 Å². The maximum atomic E-state index is 13.3. The van der Waals surface area contributed by atoms with Gasteiger partial charge in [0.25, 0.3) is 17.6 Å². The van der Waals surface area contributed by atoms with Gasteiger partial charge in [-0.25, -0.2) is 4.98 Å². The lowest BCUT2D eigenvalue weighted by Crippen LogP contribution is -2.02. The van der Waals surface area contributed by atoms with Gasteiger partial charge in [-0.05, 0) is 35.9 Å². The largest absolute Gasteiger partial charge is 0.497 e. The lowest BCUT2D eigenvalue weighted by molar-refractivity contribution is 0.100. The number of rotatable bonds is 6. The summed E-state index contributed by atoms with van der Waals surface area (Å²) in [6, 6.07) is 13.2. The molecule has 0 aliphatic rings. The number of ether oxygens (including phenoxy) is 1. The van der Waals surface area contributed by atoms with Crippen LogP contribution in [0.3, 0.4) is 0 Å². The minimum absolute atomic E-state index is 0.126. The number of ketones is 1. The van der Waals surface area contributed by atoms with Crippen LogP contribution in [0.5, 0.6) is 5.75 Å². The Bertz CT molecular complexity index is 1410. The third-order valence-electron chi connectivity index (χ3n) is 5.00. The van der Waals surface area contributed by atoms with Crippen LogP contribution in [0.1, 0.15) is 21.8 Å². The number of aromatic nitrogens is 5. The fraction of sp³-hybridized carbons (Fsp3) is 0.0870. The van der Waals surface area contributed by atoms with Crippen molar-refractivity contribution >= 4 is 28.3 Å². The highest BCUT2D eigenvalue weighted by molar-refractivity contribution is 6.30. The molecule has 0 radical (unpaired) electrons. The first-order valence-electron chi connectivity index (χ1n) is 9.68. The third-order valence-corrected chi connectivity index (χ3v) is 5.25. The standard InChI is InChI=1S/C23H16ClN5O3/c1-31-16-6-7-20-17(10-16)18(13-29(20)12-14-2-4-15(24)5-3-14)21(30)23-28-27-22(32-23)19-11-25-8-9-26-19/h2-11,13H,12H2,1H3. The first kappa shape index (κ1) is 19.9. The first-order valence-corrected chi connectivity index (χ1v) is 10.1. The summed E-state index contributed by atoms with van der Waals surface area (Å²) in [4.78, 5) is 21.4. The van der Waals surface area contributed by atoms with Gasteiger partial charge in [-0.2, -0.15) is 0 Å². The second-order valence-electron chi connectivity index (χ2n) is 7.01. The van der Waals surface area contributed by atoms with E-state index in [1.165, 1.54) is 18.6 Å². The average Bonchev–Trinajstić information content (AvgIpc) is 3.46. The van der Waals surface area contributed by atoms with E-state index in [2.05, 4.69) is 20.2 Å². The zero-order chi connectivity index (χ0) is 22.1. The SMILES string of the molecule is COc1ccc2c(c1)c(C(=O)c1nnc(-c3cnccn3)o1)cn2Cc1ccc(Cl)cc1. The van der Waals surface area contributed by atoms with Gasteiger partial charge in [0.15, 0.2) is 0 Å². The Labute approximate surface area is 187 Å². The van der Waals surface area contributed by atoms with E-state index in [1.54, 1.807) is 13.3 Å². The minimum Gasteiger partial charge on any atom is -0.497 e. The molecule has 8 nitrogen and oxygen atoms in total. The molecule has 0 saturated carbocycles. The van der Waals surface area contributed by atoms with Gasteiger partial charge >= 0.3 is 0 Å². The number of hydrogen-bond donors (Lipinski definition) is 0. The van der Waals surface area contributed by atoms with Crippen molar-refractivity contribution in [1.82, 2.24) is 24.7 Å². The summed E-state index contributed by atoms with van der Waals surface area (Å²) in [7, 11) is 1.58. The lowest BCUT2D eigenvalue weighted by Gasteiger charge is -2.06. The van der Waals surface area contributed by atoms with Crippen LogP contribution in [0.4, 0.5) is 0 Å². The molecule has 0 N–H and O–H groups in total.